The number of nitrogens with zero attached hydrogens (tertiary/aromatic N) is 2. The van der Waals surface area contributed by atoms with Gasteiger partial charge in [0.15, 0.2) is 0 Å². The molecule has 4 heteroatoms. The van der Waals surface area contributed by atoms with E-state index >= 15 is 0 Å². The van der Waals surface area contributed by atoms with Crippen LogP contribution < -0.4 is 0 Å². The number of carbonyl (C=O) groups is 1. The summed E-state index contributed by atoms with van der Waals surface area (Å²) in [6, 6.07) is 7.96. The van der Waals surface area contributed by atoms with Crippen molar-refractivity contribution in [2.45, 2.75) is 26.4 Å². The SMILES string of the molecule is Cc1ccc(/C=C\C(=O)N2CCn3cccc3[C@H]2C)o1. The summed E-state index contributed by atoms with van der Waals surface area (Å²) in [5, 5.41) is 0. The number of hydrogen-bond donors (Lipinski definition) is 0. The quantitative estimate of drug-likeness (QED) is 0.787. The zero-order chi connectivity index (χ0) is 14.1. The summed E-state index contributed by atoms with van der Waals surface area (Å²) in [6.07, 6.45) is 5.39. The van der Waals surface area contributed by atoms with Gasteiger partial charge in [0, 0.05) is 31.1 Å². The van der Waals surface area contributed by atoms with Crippen LogP contribution in [0.2, 0.25) is 0 Å². The van der Waals surface area contributed by atoms with Crippen molar-refractivity contribution in [3.63, 3.8) is 0 Å². The summed E-state index contributed by atoms with van der Waals surface area (Å²) in [5.74, 6) is 1.59. The van der Waals surface area contributed by atoms with E-state index in [-0.39, 0.29) is 11.9 Å². The zero-order valence-corrected chi connectivity index (χ0v) is 11.7. The Balaban J connectivity index is 1.74. The van der Waals surface area contributed by atoms with Crippen LogP contribution in [-0.4, -0.2) is 21.9 Å². The van der Waals surface area contributed by atoms with E-state index in [0.29, 0.717) is 5.76 Å². The first kappa shape index (κ1) is 12.8. The summed E-state index contributed by atoms with van der Waals surface area (Å²) in [7, 11) is 0. The van der Waals surface area contributed by atoms with Gasteiger partial charge in [-0.15, -0.1) is 0 Å². The van der Waals surface area contributed by atoms with Gasteiger partial charge in [-0.1, -0.05) is 0 Å². The van der Waals surface area contributed by atoms with E-state index in [4.69, 9.17) is 4.42 Å². The number of aromatic nitrogens is 1. The summed E-state index contributed by atoms with van der Waals surface area (Å²) in [4.78, 5) is 14.2. The minimum absolute atomic E-state index is 0.0269. The number of aryl methyl sites for hydroxylation is 1. The lowest BCUT2D eigenvalue weighted by atomic mass is 10.1. The molecular formula is C16H18N2O2. The molecule has 2 aromatic rings. The number of furan rings is 1. The van der Waals surface area contributed by atoms with Crippen molar-refractivity contribution in [2.75, 3.05) is 6.54 Å². The molecule has 1 atom stereocenters. The summed E-state index contributed by atoms with van der Waals surface area (Å²) in [6.45, 7) is 5.54. The average molecular weight is 270 g/mol. The van der Waals surface area contributed by atoms with E-state index < -0.39 is 0 Å². The highest BCUT2D eigenvalue weighted by Gasteiger charge is 2.25. The summed E-state index contributed by atoms with van der Waals surface area (Å²) >= 11 is 0. The Hall–Kier alpha value is -2.23. The molecule has 0 aromatic carbocycles. The van der Waals surface area contributed by atoms with Gasteiger partial charge in [0.05, 0.1) is 6.04 Å². The topological polar surface area (TPSA) is 38.4 Å². The molecule has 0 saturated heterocycles. The molecule has 0 bridgehead atoms. The molecule has 3 rings (SSSR count). The van der Waals surface area contributed by atoms with Crippen LogP contribution in [0.1, 0.15) is 30.2 Å². The molecule has 0 aliphatic carbocycles. The third-order valence-corrected chi connectivity index (χ3v) is 3.78. The molecule has 2 aromatic heterocycles. The lowest BCUT2D eigenvalue weighted by Gasteiger charge is -2.34. The van der Waals surface area contributed by atoms with E-state index in [1.807, 2.05) is 30.0 Å². The highest BCUT2D eigenvalue weighted by atomic mass is 16.3. The molecule has 20 heavy (non-hydrogen) atoms. The Bertz CT molecular complexity index is 651. The van der Waals surface area contributed by atoms with Gasteiger partial charge >= 0.3 is 0 Å². The van der Waals surface area contributed by atoms with Gasteiger partial charge in [-0.05, 0) is 44.2 Å². The maximum Gasteiger partial charge on any atom is 0.247 e. The van der Waals surface area contributed by atoms with E-state index in [1.54, 1.807) is 12.2 Å². The van der Waals surface area contributed by atoms with Gasteiger partial charge in [-0.3, -0.25) is 4.79 Å². The third-order valence-electron chi connectivity index (χ3n) is 3.78. The minimum atomic E-state index is 0.0269. The van der Waals surface area contributed by atoms with Crippen LogP contribution >= 0.6 is 0 Å². The first-order chi connectivity index (χ1) is 9.65. The van der Waals surface area contributed by atoms with Crippen molar-refractivity contribution in [3.05, 3.63) is 53.8 Å². The molecule has 0 N–H and O–H groups in total. The highest BCUT2D eigenvalue weighted by molar-refractivity contribution is 5.91. The van der Waals surface area contributed by atoms with Gasteiger partial charge < -0.3 is 13.9 Å². The normalized spacial score (nSPS) is 18.5. The smallest absolute Gasteiger partial charge is 0.247 e. The summed E-state index contributed by atoms with van der Waals surface area (Å²) in [5.41, 5.74) is 1.19. The van der Waals surface area contributed by atoms with Crippen molar-refractivity contribution in [1.29, 1.82) is 0 Å². The maximum atomic E-state index is 12.3. The average Bonchev–Trinajstić information content (AvgIpc) is 3.05. The van der Waals surface area contributed by atoms with Gasteiger partial charge in [0.2, 0.25) is 5.91 Å². The third kappa shape index (κ3) is 2.29. The Labute approximate surface area is 118 Å². The zero-order valence-electron chi connectivity index (χ0n) is 11.7. The Morgan fingerprint density at radius 3 is 2.95 bits per heavy atom. The molecule has 0 spiro atoms. The molecule has 104 valence electrons. The van der Waals surface area contributed by atoms with Gasteiger partial charge in [0.1, 0.15) is 11.5 Å². The fourth-order valence-corrected chi connectivity index (χ4v) is 2.67. The molecular weight excluding hydrogens is 252 g/mol. The molecule has 3 heterocycles. The molecule has 1 aliphatic heterocycles. The van der Waals surface area contributed by atoms with Crippen LogP contribution in [0.15, 0.2) is 41.0 Å². The lowest BCUT2D eigenvalue weighted by molar-refractivity contribution is -0.129. The Kier molecular flexibility index (Phi) is 3.22. The second kappa shape index (κ2) is 5.04. The van der Waals surface area contributed by atoms with Crippen molar-refractivity contribution in [2.24, 2.45) is 0 Å². The maximum absolute atomic E-state index is 12.3. The van der Waals surface area contributed by atoms with E-state index in [1.165, 1.54) is 5.69 Å². The number of carbonyl (C=O) groups excluding carboxylic acids is 1. The Morgan fingerprint density at radius 1 is 1.35 bits per heavy atom. The van der Waals surface area contributed by atoms with E-state index in [2.05, 4.69) is 23.8 Å². The molecule has 1 amide bonds. The standard InChI is InChI=1S/C16H18N2O2/c1-12-5-6-14(20-12)7-8-16(19)18-11-10-17-9-3-4-15(17)13(18)2/h3-9,13H,10-11H2,1-2H3/b8-7-/t13-/m1/s1. The second-order valence-corrected chi connectivity index (χ2v) is 5.12. The molecule has 0 unspecified atom stereocenters. The number of hydrogen-bond acceptors (Lipinski definition) is 2. The predicted octanol–water partition coefficient (Wildman–Crippen LogP) is 3.01. The molecule has 0 fully saturated rings. The first-order valence-corrected chi connectivity index (χ1v) is 6.85. The molecule has 1 aliphatic rings. The first-order valence-electron chi connectivity index (χ1n) is 6.85. The van der Waals surface area contributed by atoms with Crippen LogP contribution in [0.5, 0.6) is 0 Å². The number of fused-ring (bicyclic) bond motifs is 1. The lowest BCUT2D eigenvalue weighted by Crippen LogP contribution is -2.39. The van der Waals surface area contributed by atoms with Gasteiger partial charge in [-0.25, -0.2) is 0 Å². The molecule has 4 nitrogen and oxygen atoms in total. The summed E-state index contributed by atoms with van der Waals surface area (Å²) < 4.78 is 7.63. The Morgan fingerprint density at radius 2 is 2.20 bits per heavy atom. The van der Waals surface area contributed by atoms with Crippen LogP contribution in [0, 0.1) is 6.92 Å². The fraction of sp³-hybridized carbons (Fsp3) is 0.312. The largest absolute Gasteiger partial charge is 0.462 e. The van der Waals surface area contributed by atoms with Crippen molar-refractivity contribution in [1.82, 2.24) is 9.47 Å². The number of rotatable bonds is 2. The van der Waals surface area contributed by atoms with E-state index in [0.717, 1.165) is 18.8 Å². The van der Waals surface area contributed by atoms with Crippen molar-refractivity contribution >= 4 is 12.0 Å². The van der Waals surface area contributed by atoms with Crippen LogP contribution in [0.4, 0.5) is 0 Å². The number of amides is 1. The van der Waals surface area contributed by atoms with E-state index in [9.17, 15) is 4.79 Å². The van der Waals surface area contributed by atoms with Crippen LogP contribution in [0.3, 0.4) is 0 Å². The van der Waals surface area contributed by atoms with Gasteiger partial charge in [-0.2, -0.15) is 0 Å². The fourth-order valence-electron chi connectivity index (χ4n) is 2.67. The van der Waals surface area contributed by atoms with Crippen molar-refractivity contribution < 1.29 is 9.21 Å². The van der Waals surface area contributed by atoms with Gasteiger partial charge in [0.25, 0.3) is 0 Å². The molecule has 0 radical (unpaired) electrons. The van der Waals surface area contributed by atoms with Crippen LogP contribution in [0.25, 0.3) is 6.08 Å². The van der Waals surface area contributed by atoms with Crippen LogP contribution in [-0.2, 0) is 11.3 Å². The minimum Gasteiger partial charge on any atom is -0.462 e. The predicted molar refractivity (Wildman–Crippen MR) is 77.0 cm³/mol. The second-order valence-electron chi connectivity index (χ2n) is 5.12. The monoisotopic (exact) mass is 270 g/mol. The highest BCUT2D eigenvalue weighted by Crippen LogP contribution is 2.25. The van der Waals surface area contributed by atoms with Crippen molar-refractivity contribution in [3.8, 4) is 0 Å². The molecule has 0 saturated carbocycles.